The van der Waals surface area contributed by atoms with Gasteiger partial charge in [0.2, 0.25) is 0 Å². The molecule has 1 saturated heterocycles. The average molecular weight is 438 g/mol. The van der Waals surface area contributed by atoms with Crippen molar-refractivity contribution in [3.63, 3.8) is 0 Å². The van der Waals surface area contributed by atoms with Gasteiger partial charge in [0.05, 0.1) is 25.1 Å². The summed E-state index contributed by atoms with van der Waals surface area (Å²) in [6.45, 7) is 12.2. The van der Waals surface area contributed by atoms with Crippen molar-refractivity contribution < 1.29 is 9.47 Å². The van der Waals surface area contributed by atoms with Gasteiger partial charge in [-0.1, -0.05) is 0 Å². The molecule has 0 unspecified atom stereocenters. The Kier molecular flexibility index (Phi) is 6.55. The van der Waals surface area contributed by atoms with Crippen molar-refractivity contribution in [1.82, 2.24) is 19.7 Å². The van der Waals surface area contributed by atoms with Crippen LogP contribution in [0.2, 0.25) is 0 Å². The summed E-state index contributed by atoms with van der Waals surface area (Å²) in [7, 11) is 3.90. The zero-order valence-electron chi connectivity index (χ0n) is 20.2. The number of methoxy groups -OCH3 is 1. The van der Waals surface area contributed by atoms with E-state index in [1.807, 2.05) is 26.0 Å². The molecule has 0 amide bonds. The maximum Gasteiger partial charge on any atom is 0.158 e. The number of rotatable bonds is 7. The lowest BCUT2D eigenvalue weighted by molar-refractivity contribution is 0.226. The van der Waals surface area contributed by atoms with Crippen molar-refractivity contribution >= 4 is 16.6 Å². The van der Waals surface area contributed by atoms with Crippen molar-refractivity contribution in [2.45, 2.75) is 40.5 Å². The molecule has 1 aliphatic heterocycles. The van der Waals surface area contributed by atoms with Gasteiger partial charge in [0.1, 0.15) is 11.5 Å². The van der Waals surface area contributed by atoms with Gasteiger partial charge in [-0.3, -0.25) is 0 Å². The molecule has 1 N–H and O–H groups in total. The summed E-state index contributed by atoms with van der Waals surface area (Å²) in [4.78, 5) is 2.40. The highest BCUT2D eigenvalue weighted by Crippen LogP contribution is 2.37. The molecule has 32 heavy (non-hydrogen) atoms. The van der Waals surface area contributed by atoms with Crippen molar-refractivity contribution in [2.75, 3.05) is 45.7 Å². The predicted octanol–water partition coefficient (Wildman–Crippen LogP) is 4.51. The molecule has 0 spiro atoms. The van der Waals surface area contributed by atoms with E-state index < -0.39 is 0 Å². The number of aryl methyl sites for hydroxylation is 3. The second kappa shape index (κ2) is 9.36. The van der Waals surface area contributed by atoms with E-state index in [9.17, 15) is 0 Å². The van der Waals surface area contributed by atoms with E-state index in [2.05, 4.69) is 51.9 Å². The standard InChI is InChI=1S/C25H35N5O2/c1-7-32-20-8-9-21(22(14-20)31-6)30-17(3)23-16(2)27-28-25(24(23)18(30)4)26-15-19-10-12-29(5)13-11-19/h8-9,14,19H,7,10-13,15H2,1-6H3,(H,26,28). The van der Waals surface area contributed by atoms with Crippen LogP contribution in [0.1, 0.15) is 36.8 Å². The number of anilines is 1. The number of nitrogens with one attached hydrogen (secondary N) is 1. The smallest absolute Gasteiger partial charge is 0.158 e. The average Bonchev–Trinajstić information content (AvgIpc) is 3.06. The number of fused-ring (bicyclic) bond motifs is 1. The van der Waals surface area contributed by atoms with Crippen LogP contribution in [-0.2, 0) is 0 Å². The van der Waals surface area contributed by atoms with Crippen LogP contribution < -0.4 is 14.8 Å². The molecule has 1 aromatic carbocycles. The third kappa shape index (κ3) is 4.13. The fourth-order valence-electron chi connectivity index (χ4n) is 4.89. The Balaban J connectivity index is 1.74. The number of ether oxygens (including phenoxy) is 2. The molecule has 7 heteroatoms. The maximum atomic E-state index is 5.74. The van der Waals surface area contributed by atoms with E-state index in [0.29, 0.717) is 12.5 Å². The molecule has 2 aromatic heterocycles. The molecule has 7 nitrogen and oxygen atoms in total. The Morgan fingerprint density at radius 2 is 1.78 bits per heavy atom. The summed E-state index contributed by atoms with van der Waals surface area (Å²) in [5.74, 6) is 3.12. The van der Waals surface area contributed by atoms with Gasteiger partial charge in [-0.2, -0.15) is 5.10 Å². The van der Waals surface area contributed by atoms with Gasteiger partial charge >= 0.3 is 0 Å². The molecule has 0 saturated carbocycles. The van der Waals surface area contributed by atoms with Gasteiger partial charge in [0, 0.05) is 34.8 Å². The molecule has 4 rings (SSSR count). The van der Waals surface area contributed by atoms with Crippen LogP contribution >= 0.6 is 0 Å². The Hall–Kier alpha value is -2.80. The zero-order chi connectivity index (χ0) is 22.8. The molecular weight excluding hydrogens is 402 g/mol. The minimum atomic E-state index is 0.622. The summed E-state index contributed by atoms with van der Waals surface area (Å²) in [5.41, 5.74) is 4.19. The van der Waals surface area contributed by atoms with Crippen LogP contribution in [0.3, 0.4) is 0 Å². The van der Waals surface area contributed by atoms with Gasteiger partial charge in [-0.15, -0.1) is 5.10 Å². The minimum Gasteiger partial charge on any atom is -0.494 e. The Bertz CT molecular complexity index is 1100. The number of hydrogen-bond acceptors (Lipinski definition) is 6. The van der Waals surface area contributed by atoms with Gasteiger partial charge in [0.15, 0.2) is 5.82 Å². The quantitative estimate of drug-likeness (QED) is 0.587. The topological polar surface area (TPSA) is 64.4 Å². The van der Waals surface area contributed by atoms with Gasteiger partial charge < -0.3 is 24.3 Å². The van der Waals surface area contributed by atoms with Gasteiger partial charge in [-0.05, 0) is 78.7 Å². The van der Waals surface area contributed by atoms with Crippen molar-refractivity contribution in [3.05, 3.63) is 35.3 Å². The van der Waals surface area contributed by atoms with Crippen LogP contribution in [0.4, 0.5) is 5.82 Å². The monoisotopic (exact) mass is 437 g/mol. The van der Waals surface area contributed by atoms with Gasteiger partial charge in [-0.25, -0.2) is 0 Å². The van der Waals surface area contributed by atoms with Crippen LogP contribution in [0.25, 0.3) is 16.5 Å². The molecule has 3 heterocycles. The molecule has 1 fully saturated rings. The lowest BCUT2D eigenvalue weighted by atomic mass is 9.97. The lowest BCUT2D eigenvalue weighted by Gasteiger charge is -2.29. The summed E-state index contributed by atoms with van der Waals surface area (Å²) in [6.07, 6.45) is 2.43. The predicted molar refractivity (Wildman–Crippen MR) is 130 cm³/mol. The summed E-state index contributed by atoms with van der Waals surface area (Å²) in [6, 6.07) is 6.00. The Morgan fingerprint density at radius 1 is 1.06 bits per heavy atom. The maximum absolute atomic E-state index is 5.74. The Labute approximate surface area is 190 Å². The highest BCUT2D eigenvalue weighted by atomic mass is 16.5. The minimum absolute atomic E-state index is 0.622. The largest absolute Gasteiger partial charge is 0.494 e. The summed E-state index contributed by atoms with van der Waals surface area (Å²) < 4.78 is 13.7. The fourth-order valence-corrected chi connectivity index (χ4v) is 4.89. The molecule has 1 aliphatic rings. The number of hydrogen-bond donors (Lipinski definition) is 1. The van der Waals surface area contributed by atoms with Gasteiger partial charge in [0.25, 0.3) is 0 Å². The molecule has 172 valence electrons. The normalized spacial score (nSPS) is 15.3. The Morgan fingerprint density at radius 3 is 2.47 bits per heavy atom. The SMILES string of the molecule is CCOc1ccc(-n2c(C)c3c(C)nnc(NCC4CCN(C)CC4)c3c2C)c(OC)c1. The number of nitrogens with zero attached hydrogens (tertiary/aromatic N) is 4. The first kappa shape index (κ1) is 22.4. The summed E-state index contributed by atoms with van der Waals surface area (Å²) >= 11 is 0. The van der Waals surface area contributed by atoms with Crippen LogP contribution in [0.5, 0.6) is 11.5 Å². The van der Waals surface area contributed by atoms with Crippen molar-refractivity contribution in [2.24, 2.45) is 5.92 Å². The van der Waals surface area contributed by atoms with E-state index >= 15 is 0 Å². The fraction of sp³-hybridized carbons (Fsp3) is 0.520. The molecule has 0 radical (unpaired) electrons. The van der Waals surface area contributed by atoms with E-state index in [1.165, 1.54) is 12.8 Å². The lowest BCUT2D eigenvalue weighted by Crippen LogP contribution is -2.33. The number of piperidine rings is 1. The van der Waals surface area contributed by atoms with E-state index in [-0.39, 0.29) is 0 Å². The van der Waals surface area contributed by atoms with Crippen molar-refractivity contribution in [1.29, 1.82) is 0 Å². The van der Waals surface area contributed by atoms with Crippen LogP contribution in [-0.4, -0.2) is 60.1 Å². The van der Waals surface area contributed by atoms with Crippen molar-refractivity contribution in [3.8, 4) is 17.2 Å². The van der Waals surface area contributed by atoms with E-state index in [4.69, 9.17) is 9.47 Å². The van der Waals surface area contributed by atoms with Crippen LogP contribution in [0.15, 0.2) is 18.2 Å². The number of benzene rings is 1. The zero-order valence-corrected chi connectivity index (χ0v) is 20.2. The first-order valence-electron chi connectivity index (χ1n) is 11.5. The third-order valence-corrected chi connectivity index (χ3v) is 6.64. The molecule has 3 aromatic rings. The second-order valence-electron chi connectivity index (χ2n) is 8.78. The van der Waals surface area contributed by atoms with E-state index in [1.54, 1.807) is 7.11 Å². The highest BCUT2D eigenvalue weighted by molar-refractivity contribution is 5.98. The molecule has 0 aliphatic carbocycles. The molecule has 0 bridgehead atoms. The number of aromatic nitrogens is 3. The summed E-state index contributed by atoms with van der Waals surface area (Å²) in [5, 5.41) is 15.0. The second-order valence-corrected chi connectivity index (χ2v) is 8.78. The number of likely N-dealkylation sites (tertiary alicyclic amines) is 1. The third-order valence-electron chi connectivity index (χ3n) is 6.64. The van der Waals surface area contributed by atoms with Crippen LogP contribution in [0, 0.1) is 26.7 Å². The molecule has 0 atom stereocenters. The highest BCUT2D eigenvalue weighted by Gasteiger charge is 2.22. The van der Waals surface area contributed by atoms with E-state index in [0.717, 1.165) is 70.5 Å². The molecular formula is C25H35N5O2. The first-order chi connectivity index (χ1) is 15.4. The first-order valence-corrected chi connectivity index (χ1v) is 11.5.